The molecule has 0 spiro atoms. The van der Waals surface area contributed by atoms with Crippen molar-refractivity contribution < 1.29 is 0 Å². The Bertz CT molecular complexity index is 763. The number of hydrogen-bond donors (Lipinski definition) is 0. The molecule has 3 rings (SSSR count). The van der Waals surface area contributed by atoms with Gasteiger partial charge < -0.3 is 4.90 Å². The van der Waals surface area contributed by atoms with E-state index in [1.54, 1.807) is 11.8 Å². The maximum Gasteiger partial charge on any atom is 0.0557 e. The summed E-state index contributed by atoms with van der Waals surface area (Å²) in [7, 11) is 0. The van der Waals surface area contributed by atoms with Crippen molar-refractivity contribution in [2.45, 2.75) is 30.9 Å². The Hall–Kier alpha value is -1.16. The van der Waals surface area contributed by atoms with E-state index in [0.717, 1.165) is 40.6 Å². The third kappa shape index (κ3) is 4.76. The summed E-state index contributed by atoms with van der Waals surface area (Å²) in [4.78, 5) is 7.74. The van der Waals surface area contributed by atoms with E-state index in [1.165, 1.54) is 6.42 Å². The van der Waals surface area contributed by atoms with Gasteiger partial charge in [-0.15, -0.1) is 11.8 Å². The minimum Gasteiger partial charge on any atom is -0.371 e. The first-order valence-electron chi connectivity index (χ1n) is 8.89. The molecular formula is C21H24Cl2N2S. The quantitative estimate of drug-likeness (QED) is 0.518. The number of likely N-dealkylation sites (tertiary alicyclic amines) is 1. The number of hydrogen-bond acceptors (Lipinski definition) is 3. The van der Waals surface area contributed by atoms with E-state index < -0.39 is 0 Å². The highest BCUT2D eigenvalue weighted by atomic mass is 35.5. The van der Waals surface area contributed by atoms with Crippen LogP contribution in [0.25, 0.3) is 5.70 Å². The zero-order chi connectivity index (χ0) is 18.7. The van der Waals surface area contributed by atoms with Gasteiger partial charge in [-0.2, -0.15) is 0 Å². The number of nitrogens with zero attached hydrogens (tertiary/aromatic N) is 2. The van der Waals surface area contributed by atoms with Crippen molar-refractivity contribution in [2.75, 3.05) is 13.1 Å². The van der Waals surface area contributed by atoms with Crippen molar-refractivity contribution in [3.8, 4) is 0 Å². The van der Waals surface area contributed by atoms with Crippen molar-refractivity contribution in [3.63, 3.8) is 0 Å². The maximum absolute atomic E-state index is 6.26. The van der Waals surface area contributed by atoms with Crippen molar-refractivity contribution in [1.29, 1.82) is 0 Å². The van der Waals surface area contributed by atoms with Gasteiger partial charge in [0, 0.05) is 47.4 Å². The Morgan fingerprint density at radius 1 is 1.19 bits per heavy atom. The molecule has 0 saturated carbocycles. The Labute approximate surface area is 170 Å². The van der Waals surface area contributed by atoms with E-state index in [9.17, 15) is 0 Å². The highest BCUT2D eigenvalue weighted by molar-refractivity contribution is 7.98. The molecule has 1 aromatic carbocycles. The SMILES string of the molecule is C=C(c1cncc(CSc2c(Cl)cccc2Cl)c1)N1CC(C)CC(C)C1. The Balaban J connectivity index is 1.71. The van der Waals surface area contributed by atoms with Crippen molar-refractivity contribution in [1.82, 2.24) is 9.88 Å². The Kier molecular flexibility index (Phi) is 6.55. The van der Waals surface area contributed by atoms with Crippen molar-refractivity contribution in [2.24, 2.45) is 11.8 Å². The molecule has 0 aliphatic carbocycles. The second-order valence-electron chi connectivity index (χ2n) is 7.22. The molecule has 1 fully saturated rings. The van der Waals surface area contributed by atoms with Crippen LogP contribution in [0.3, 0.4) is 0 Å². The van der Waals surface area contributed by atoms with Gasteiger partial charge in [-0.3, -0.25) is 4.98 Å². The normalized spacial score (nSPS) is 20.2. The van der Waals surface area contributed by atoms with Gasteiger partial charge in [-0.25, -0.2) is 0 Å². The van der Waals surface area contributed by atoms with Crippen molar-refractivity contribution in [3.05, 3.63) is 64.4 Å². The lowest BCUT2D eigenvalue weighted by atomic mass is 9.91. The van der Waals surface area contributed by atoms with Crippen LogP contribution in [0.5, 0.6) is 0 Å². The highest BCUT2D eigenvalue weighted by Crippen LogP contribution is 2.36. The molecule has 2 atom stereocenters. The third-order valence-electron chi connectivity index (χ3n) is 4.68. The fourth-order valence-corrected chi connectivity index (χ4v) is 5.17. The van der Waals surface area contributed by atoms with Crippen LogP contribution in [0.4, 0.5) is 0 Å². The summed E-state index contributed by atoms with van der Waals surface area (Å²) >= 11 is 14.2. The first kappa shape index (κ1) is 19.6. The molecule has 1 saturated heterocycles. The molecule has 1 aromatic heterocycles. The van der Waals surface area contributed by atoms with E-state index in [1.807, 2.05) is 30.6 Å². The van der Waals surface area contributed by atoms with Gasteiger partial charge in [0.1, 0.15) is 0 Å². The van der Waals surface area contributed by atoms with E-state index >= 15 is 0 Å². The topological polar surface area (TPSA) is 16.1 Å². The van der Waals surface area contributed by atoms with Crippen LogP contribution < -0.4 is 0 Å². The number of aromatic nitrogens is 1. The molecule has 1 aliphatic rings. The predicted molar refractivity (Wildman–Crippen MR) is 114 cm³/mol. The maximum atomic E-state index is 6.26. The Morgan fingerprint density at radius 3 is 2.50 bits per heavy atom. The van der Waals surface area contributed by atoms with Crippen LogP contribution >= 0.6 is 35.0 Å². The molecule has 26 heavy (non-hydrogen) atoms. The number of thioether (sulfide) groups is 1. The molecule has 2 unspecified atom stereocenters. The van der Waals surface area contributed by atoms with Gasteiger partial charge in [0.2, 0.25) is 0 Å². The monoisotopic (exact) mass is 406 g/mol. The molecule has 2 heterocycles. The van der Waals surface area contributed by atoms with Gasteiger partial charge in [-0.1, -0.05) is 49.7 Å². The number of halogens is 2. The number of benzene rings is 1. The first-order chi connectivity index (χ1) is 12.4. The van der Waals surface area contributed by atoms with E-state index in [2.05, 4.69) is 36.4 Å². The zero-order valence-corrected chi connectivity index (χ0v) is 17.5. The lowest BCUT2D eigenvalue weighted by Crippen LogP contribution is -2.37. The van der Waals surface area contributed by atoms with Crippen LogP contribution in [-0.4, -0.2) is 23.0 Å². The largest absolute Gasteiger partial charge is 0.371 e. The van der Waals surface area contributed by atoms with Crippen LogP contribution in [0.15, 0.2) is 48.1 Å². The average Bonchev–Trinajstić information content (AvgIpc) is 2.60. The molecule has 0 bridgehead atoms. The molecule has 0 amide bonds. The average molecular weight is 407 g/mol. The summed E-state index contributed by atoms with van der Waals surface area (Å²) < 4.78 is 0. The smallest absolute Gasteiger partial charge is 0.0557 e. The fourth-order valence-electron chi connectivity index (χ4n) is 3.57. The van der Waals surface area contributed by atoms with E-state index in [-0.39, 0.29) is 0 Å². The van der Waals surface area contributed by atoms with Gasteiger partial charge in [0.25, 0.3) is 0 Å². The second kappa shape index (κ2) is 8.69. The van der Waals surface area contributed by atoms with Crippen LogP contribution in [-0.2, 0) is 5.75 Å². The van der Waals surface area contributed by atoms with Crippen molar-refractivity contribution >= 4 is 40.7 Å². The summed E-state index contributed by atoms with van der Waals surface area (Å²) in [5.41, 5.74) is 3.30. The standard InChI is InChI=1S/C21H24Cl2N2S/c1-14-7-15(2)12-25(11-14)16(3)18-8-17(9-24-10-18)13-26-21-19(22)5-4-6-20(21)23/h4-6,8-10,14-15H,3,7,11-13H2,1-2H3. The van der Waals surface area contributed by atoms with Gasteiger partial charge in [0.15, 0.2) is 0 Å². The van der Waals surface area contributed by atoms with Crippen LogP contribution in [0, 0.1) is 11.8 Å². The van der Waals surface area contributed by atoms with Gasteiger partial charge in [-0.05, 0) is 42.0 Å². The summed E-state index contributed by atoms with van der Waals surface area (Å²) in [6.45, 7) is 11.1. The fraction of sp³-hybridized carbons (Fsp3) is 0.381. The molecule has 2 aromatic rings. The molecule has 0 N–H and O–H groups in total. The Morgan fingerprint density at radius 2 is 1.85 bits per heavy atom. The molecular weight excluding hydrogens is 383 g/mol. The van der Waals surface area contributed by atoms with E-state index in [4.69, 9.17) is 23.2 Å². The van der Waals surface area contributed by atoms with Gasteiger partial charge >= 0.3 is 0 Å². The summed E-state index contributed by atoms with van der Waals surface area (Å²) in [5.74, 6) is 2.17. The summed E-state index contributed by atoms with van der Waals surface area (Å²) in [5, 5.41) is 1.37. The number of piperidine rings is 1. The highest BCUT2D eigenvalue weighted by Gasteiger charge is 2.23. The predicted octanol–water partition coefficient (Wildman–Crippen LogP) is 6.63. The zero-order valence-electron chi connectivity index (χ0n) is 15.2. The minimum atomic E-state index is 0.687. The molecule has 138 valence electrons. The molecule has 5 heteroatoms. The second-order valence-corrected chi connectivity index (χ2v) is 9.02. The van der Waals surface area contributed by atoms with Gasteiger partial charge in [0.05, 0.1) is 10.0 Å². The van der Waals surface area contributed by atoms with Crippen LogP contribution in [0.1, 0.15) is 31.4 Å². The third-order valence-corrected chi connectivity index (χ3v) is 6.74. The van der Waals surface area contributed by atoms with Crippen LogP contribution in [0.2, 0.25) is 10.0 Å². The number of rotatable bonds is 5. The number of pyridine rings is 1. The lowest BCUT2D eigenvalue weighted by Gasteiger charge is -2.37. The molecule has 1 aliphatic heterocycles. The lowest BCUT2D eigenvalue weighted by molar-refractivity contribution is 0.203. The summed E-state index contributed by atoms with van der Waals surface area (Å²) in [6, 6.07) is 7.77. The first-order valence-corrected chi connectivity index (χ1v) is 10.6. The van der Waals surface area contributed by atoms with E-state index in [0.29, 0.717) is 21.9 Å². The minimum absolute atomic E-state index is 0.687. The molecule has 0 radical (unpaired) electrons. The molecule has 2 nitrogen and oxygen atoms in total. The summed E-state index contributed by atoms with van der Waals surface area (Å²) in [6.07, 6.45) is 5.09.